The summed E-state index contributed by atoms with van der Waals surface area (Å²) in [5.74, 6) is 0.978. The third-order valence-electron chi connectivity index (χ3n) is 3.20. The predicted molar refractivity (Wildman–Crippen MR) is 65.5 cm³/mol. The molecular formula is C13H15NOS. The minimum absolute atomic E-state index is 0.0937. The summed E-state index contributed by atoms with van der Waals surface area (Å²) in [5, 5.41) is 3.16. The van der Waals surface area contributed by atoms with Crippen LogP contribution in [0.5, 0.6) is 0 Å². The number of fused-ring (bicyclic) bond motifs is 1. The number of rotatable bonds is 3. The molecule has 84 valence electrons. The van der Waals surface area contributed by atoms with Gasteiger partial charge < -0.3 is 5.32 Å². The number of benzene rings is 1. The standard InChI is InChI=1S/C13H15NOS/c15-13(14-8-9-5-6-9)12-7-10-3-1-2-4-11(10)16-12/h1-4,9,12H,5-8H2,(H,14,15). The summed E-state index contributed by atoms with van der Waals surface area (Å²) < 4.78 is 0. The van der Waals surface area contributed by atoms with Gasteiger partial charge in [0.25, 0.3) is 0 Å². The van der Waals surface area contributed by atoms with Crippen LogP contribution in [-0.2, 0) is 11.2 Å². The lowest BCUT2D eigenvalue weighted by atomic mass is 10.1. The second-order valence-electron chi connectivity index (χ2n) is 4.61. The SMILES string of the molecule is O=C(NCC1CC1)C1Cc2ccccc2S1. The molecule has 2 nitrogen and oxygen atoms in total. The number of amides is 1. The second kappa shape index (κ2) is 4.13. The average molecular weight is 233 g/mol. The van der Waals surface area contributed by atoms with Crippen molar-refractivity contribution in [1.82, 2.24) is 5.32 Å². The van der Waals surface area contributed by atoms with Crippen LogP contribution >= 0.6 is 11.8 Å². The summed E-state index contributed by atoms with van der Waals surface area (Å²) in [6.45, 7) is 0.881. The lowest BCUT2D eigenvalue weighted by molar-refractivity contribution is -0.120. The molecule has 1 aromatic carbocycles. The minimum Gasteiger partial charge on any atom is -0.355 e. The van der Waals surface area contributed by atoms with Crippen LogP contribution in [0.3, 0.4) is 0 Å². The van der Waals surface area contributed by atoms with Crippen molar-refractivity contribution in [1.29, 1.82) is 0 Å². The van der Waals surface area contributed by atoms with Crippen LogP contribution in [0, 0.1) is 5.92 Å². The van der Waals surface area contributed by atoms with Crippen LogP contribution < -0.4 is 5.32 Å². The normalized spacial score (nSPS) is 22.9. The van der Waals surface area contributed by atoms with E-state index in [-0.39, 0.29) is 11.2 Å². The quantitative estimate of drug-likeness (QED) is 0.867. The van der Waals surface area contributed by atoms with Gasteiger partial charge in [-0.2, -0.15) is 0 Å². The summed E-state index contributed by atoms with van der Waals surface area (Å²) in [5.41, 5.74) is 1.32. The van der Waals surface area contributed by atoms with Gasteiger partial charge in [-0.3, -0.25) is 4.79 Å². The summed E-state index contributed by atoms with van der Waals surface area (Å²) in [6, 6.07) is 8.31. The molecule has 1 aliphatic heterocycles. The Balaban J connectivity index is 1.59. The van der Waals surface area contributed by atoms with Crippen LogP contribution in [0.4, 0.5) is 0 Å². The largest absolute Gasteiger partial charge is 0.355 e. The van der Waals surface area contributed by atoms with Crippen LogP contribution in [-0.4, -0.2) is 17.7 Å². The molecule has 0 aromatic heterocycles. The van der Waals surface area contributed by atoms with Gasteiger partial charge in [-0.25, -0.2) is 0 Å². The molecule has 0 saturated heterocycles. The predicted octanol–water partition coefficient (Wildman–Crippen LogP) is 2.23. The van der Waals surface area contributed by atoms with Crippen molar-refractivity contribution in [3.8, 4) is 0 Å². The molecule has 3 rings (SSSR count). The number of hydrogen-bond donors (Lipinski definition) is 1. The molecule has 1 unspecified atom stereocenters. The molecule has 1 N–H and O–H groups in total. The van der Waals surface area contributed by atoms with E-state index in [0.717, 1.165) is 18.9 Å². The van der Waals surface area contributed by atoms with Crippen molar-refractivity contribution in [3.63, 3.8) is 0 Å². The van der Waals surface area contributed by atoms with Crippen molar-refractivity contribution in [2.45, 2.75) is 29.4 Å². The van der Waals surface area contributed by atoms with E-state index in [1.54, 1.807) is 11.8 Å². The van der Waals surface area contributed by atoms with Gasteiger partial charge in [0, 0.05) is 11.4 Å². The average Bonchev–Trinajstić information content (AvgIpc) is 3.02. The Bertz CT molecular complexity index is 389. The highest BCUT2D eigenvalue weighted by Gasteiger charge is 2.29. The number of carbonyl (C=O) groups is 1. The van der Waals surface area contributed by atoms with Crippen molar-refractivity contribution >= 4 is 17.7 Å². The Morgan fingerprint density at radius 1 is 1.38 bits per heavy atom. The highest BCUT2D eigenvalue weighted by atomic mass is 32.2. The molecule has 1 aromatic rings. The number of thioether (sulfide) groups is 1. The lowest BCUT2D eigenvalue weighted by Crippen LogP contribution is -2.33. The Kier molecular flexibility index (Phi) is 2.64. The maximum absolute atomic E-state index is 11.9. The van der Waals surface area contributed by atoms with E-state index in [1.165, 1.54) is 23.3 Å². The topological polar surface area (TPSA) is 29.1 Å². The van der Waals surface area contributed by atoms with Crippen molar-refractivity contribution in [2.24, 2.45) is 5.92 Å². The molecule has 1 heterocycles. The zero-order valence-electron chi connectivity index (χ0n) is 9.11. The van der Waals surface area contributed by atoms with E-state index < -0.39 is 0 Å². The summed E-state index contributed by atoms with van der Waals surface area (Å²) in [4.78, 5) is 13.2. The Morgan fingerprint density at radius 2 is 2.19 bits per heavy atom. The zero-order valence-corrected chi connectivity index (χ0v) is 9.93. The van der Waals surface area contributed by atoms with E-state index in [1.807, 2.05) is 12.1 Å². The summed E-state index contributed by atoms with van der Waals surface area (Å²) in [7, 11) is 0. The second-order valence-corrected chi connectivity index (χ2v) is 5.85. The number of hydrogen-bond acceptors (Lipinski definition) is 2. The van der Waals surface area contributed by atoms with E-state index in [0.29, 0.717) is 0 Å². The fourth-order valence-corrected chi connectivity index (χ4v) is 3.23. The van der Waals surface area contributed by atoms with Gasteiger partial charge in [-0.1, -0.05) is 18.2 Å². The van der Waals surface area contributed by atoms with Gasteiger partial charge in [0.1, 0.15) is 0 Å². The van der Waals surface area contributed by atoms with Gasteiger partial charge >= 0.3 is 0 Å². The molecule has 1 saturated carbocycles. The first kappa shape index (κ1) is 10.2. The Labute approximate surface area is 99.8 Å². The Morgan fingerprint density at radius 3 is 2.94 bits per heavy atom. The maximum Gasteiger partial charge on any atom is 0.233 e. The summed E-state index contributed by atoms with van der Waals surface area (Å²) in [6.07, 6.45) is 3.47. The van der Waals surface area contributed by atoms with Crippen LogP contribution in [0.1, 0.15) is 18.4 Å². The van der Waals surface area contributed by atoms with Crippen molar-refractivity contribution < 1.29 is 4.79 Å². The highest BCUT2D eigenvalue weighted by molar-refractivity contribution is 8.01. The molecule has 2 aliphatic rings. The highest BCUT2D eigenvalue weighted by Crippen LogP contribution is 2.37. The van der Waals surface area contributed by atoms with Crippen LogP contribution in [0.2, 0.25) is 0 Å². The molecule has 1 aliphatic carbocycles. The maximum atomic E-state index is 11.9. The molecule has 16 heavy (non-hydrogen) atoms. The van der Waals surface area contributed by atoms with Crippen LogP contribution in [0.25, 0.3) is 0 Å². The van der Waals surface area contributed by atoms with Gasteiger partial charge in [0.05, 0.1) is 5.25 Å². The molecule has 0 bridgehead atoms. The van der Waals surface area contributed by atoms with Crippen molar-refractivity contribution in [2.75, 3.05) is 6.54 Å². The van der Waals surface area contributed by atoms with Gasteiger partial charge in [-0.05, 0) is 36.8 Å². The van der Waals surface area contributed by atoms with Gasteiger partial charge in [-0.15, -0.1) is 11.8 Å². The molecule has 1 amide bonds. The van der Waals surface area contributed by atoms with E-state index in [9.17, 15) is 4.79 Å². The monoisotopic (exact) mass is 233 g/mol. The fourth-order valence-electron chi connectivity index (χ4n) is 2.01. The fraction of sp³-hybridized carbons (Fsp3) is 0.462. The van der Waals surface area contributed by atoms with E-state index in [2.05, 4.69) is 17.4 Å². The smallest absolute Gasteiger partial charge is 0.233 e. The first-order valence-electron chi connectivity index (χ1n) is 5.85. The molecule has 1 fully saturated rings. The van der Waals surface area contributed by atoms with E-state index >= 15 is 0 Å². The summed E-state index contributed by atoms with van der Waals surface area (Å²) >= 11 is 1.70. The number of nitrogens with one attached hydrogen (secondary N) is 1. The van der Waals surface area contributed by atoms with Crippen molar-refractivity contribution in [3.05, 3.63) is 29.8 Å². The molecular weight excluding hydrogens is 218 g/mol. The Hall–Kier alpha value is -0.960. The van der Waals surface area contributed by atoms with Gasteiger partial charge in [0.15, 0.2) is 0 Å². The van der Waals surface area contributed by atoms with E-state index in [4.69, 9.17) is 0 Å². The molecule has 0 radical (unpaired) electrons. The first-order valence-corrected chi connectivity index (χ1v) is 6.73. The molecule has 1 atom stereocenters. The lowest BCUT2D eigenvalue weighted by Gasteiger charge is -2.08. The molecule has 0 spiro atoms. The third-order valence-corrected chi connectivity index (χ3v) is 4.52. The first-order chi connectivity index (χ1) is 7.83. The number of carbonyl (C=O) groups excluding carboxylic acids is 1. The zero-order chi connectivity index (χ0) is 11.0. The molecule has 3 heteroatoms. The minimum atomic E-state index is 0.0937. The van der Waals surface area contributed by atoms with Crippen LogP contribution in [0.15, 0.2) is 29.2 Å². The third kappa shape index (κ3) is 2.09. The van der Waals surface area contributed by atoms with Gasteiger partial charge in [0.2, 0.25) is 5.91 Å².